The number of aromatic amines is 1. The Hall–Kier alpha value is -3.63. The molecule has 2 heterocycles. The molecule has 1 aromatic heterocycles. The lowest BCUT2D eigenvalue weighted by Crippen LogP contribution is -2.48. The molecule has 0 fully saturated rings. The molecule has 0 saturated heterocycles. The summed E-state index contributed by atoms with van der Waals surface area (Å²) in [7, 11) is 1.91. The number of para-hydroxylation sites is 1. The van der Waals surface area contributed by atoms with Gasteiger partial charge in [-0.25, -0.2) is 0 Å². The third-order valence-electron chi connectivity index (χ3n) is 6.49. The lowest BCUT2D eigenvalue weighted by molar-refractivity contribution is -0.132. The van der Waals surface area contributed by atoms with Crippen LogP contribution < -0.4 is 5.32 Å². The van der Waals surface area contributed by atoms with Crippen molar-refractivity contribution in [2.45, 2.75) is 25.4 Å². The van der Waals surface area contributed by atoms with Gasteiger partial charge in [0.2, 0.25) is 5.91 Å². The first-order valence-electron chi connectivity index (χ1n) is 11.6. The Balaban J connectivity index is 1.28. The number of nitrogens with one attached hydrogen (secondary N) is 2. The van der Waals surface area contributed by atoms with Crippen molar-refractivity contribution in [1.82, 2.24) is 15.2 Å². The van der Waals surface area contributed by atoms with Gasteiger partial charge in [0.15, 0.2) is 0 Å². The Morgan fingerprint density at radius 2 is 1.58 bits per heavy atom. The maximum atomic E-state index is 13.2. The highest BCUT2D eigenvalue weighted by molar-refractivity contribution is 5.88. The van der Waals surface area contributed by atoms with E-state index in [4.69, 9.17) is 0 Å². The van der Waals surface area contributed by atoms with Gasteiger partial charge in [-0.3, -0.25) is 10.1 Å². The topological polar surface area (TPSA) is 48.1 Å². The van der Waals surface area contributed by atoms with E-state index in [1.165, 1.54) is 33.3 Å². The number of H-pyrrole nitrogens is 1. The second-order valence-corrected chi connectivity index (χ2v) is 8.66. The third kappa shape index (κ3) is 4.48. The van der Waals surface area contributed by atoms with E-state index >= 15 is 0 Å². The van der Waals surface area contributed by atoms with Crippen molar-refractivity contribution in [2.75, 3.05) is 13.6 Å². The summed E-state index contributed by atoms with van der Waals surface area (Å²) in [6, 6.07) is 29.0. The maximum absolute atomic E-state index is 13.2. The lowest BCUT2D eigenvalue weighted by atomic mass is 9.96. The van der Waals surface area contributed by atoms with Crippen molar-refractivity contribution in [2.24, 2.45) is 0 Å². The van der Waals surface area contributed by atoms with Gasteiger partial charge < -0.3 is 9.88 Å². The van der Waals surface area contributed by atoms with Gasteiger partial charge in [0.1, 0.15) is 0 Å². The second-order valence-electron chi connectivity index (χ2n) is 8.66. The van der Waals surface area contributed by atoms with Gasteiger partial charge in [-0.1, -0.05) is 84.9 Å². The normalized spacial score (nSPS) is 15.1. The van der Waals surface area contributed by atoms with Crippen molar-refractivity contribution in [3.63, 3.8) is 0 Å². The number of rotatable bonds is 6. The molecule has 1 aliphatic heterocycles. The van der Waals surface area contributed by atoms with Crippen LogP contribution in [0.1, 0.15) is 28.8 Å². The molecule has 0 bridgehead atoms. The molecule has 4 heteroatoms. The predicted molar refractivity (Wildman–Crippen MR) is 135 cm³/mol. The van der Waals surface area contributed by atoms with Gasteiger partial charge >= 0.3 is 0 Å². The number of carbonyl (C=O) groups excluding carboxylic acids is 1. The number of amides is 1. The molecule has 5 rings (SSSR count). The van der Waals surface area contributed by atoms with E-state index < -0.39 is 0 Å². The zero-order valence-electron chi connectivity index (χ0n) is 18.9. The molecule has 3 aromatic carbocycles. The van der Waals surface area contributed by atoms with Crippen molar-refractivity contribution in [3.05, 3.63) is 113 Å². The fourth-order valence-corrected chi connectivity index (χ4v) is 4.73. The number of aromatic nitrogens is 1. The molecule has 1 unspecified atom stereocenters. The molecule has 166 valence electrons. The van der Waals surface area contributed by atoms with E-state index in [-0.39, 0.29) is 11.9 Å². The molecule has 0 spiro atoms. The minimum Gasteiger partial charge on any atom is -0.357 e. The predicted octanol–water partition coefficient (Wildman–Crippen LogP) is 5.16. The van der Waals surface area contributed by atoms with Crippen molar-refractivity contribution >= 4 is 22.4 Å². The molecule has 4 aromatic rings. The molecule has 1 atom stereocenters. The first-order chi connectivity index (χ1) is 16.2. The number of likely N-dealkylation sites (N-methyl/N-ethyl adjacent to an activating group) is 1. The Morgan fingerprint density at radius 1 is 0.939 bits per heavy atom. The summed E-state index contributed by atoms with van der Waals surface area (Å²) >= 11 is 0. The monoisotopic (exact) mass is 435 g/mol. The zero-order chi connectivity index (χ0) is 22.6. The van der Waals surface area contributed by atoms with Crippen LogP contribution in [0.25, 0.3) is 16.5 Å². The van der Waals surface area contributed by atoms with Crippen LogP contribution in [0.5, 0.6) is 0 Å². The number of hydrogen-bond acceptors (Lipinski definition) is 2. The van der Waals surface area contributed by atoms with Gasteiger partial charge in [-0.05, 0) is 41.2 Å². The fraction of sp³-hybridized carbons (Fsp3) is 0.207. The highest BCUT2D eigenvalue weighted by Crippen LogP contribution is 2.27. The summed E-state index contributed by atoms with van der Waals surface area (Å²) in [5.74, 6) is 0.153. The summed E-state index contributed by atoms with van der Waals surface area (Å²) in [6.45, 7) is 1.38. The SMILES string of the molecule is CN(CCC=C(c1ccccc1)c1ccccc1)C(=O)C1Cc2c([nH]c3ccccc23)CN1. The minimum absolute atomic E-state index is 0.153. The van der Waals surface area contributed by atoms with E-state index in [0.717, 1.165) is 18.4 Å². The summed E-state index contributed by atoms with van der Waals surface area (Å²) in [5.41, 5.74) is 7.20. The second kappa shape index (κ2) is 9.47. The lowest BCUT2D eigenvalue weighted by Gasteiger charge is -2.27. The Bertz CT molecular complexity index is 1230. The standard InChI is InChI=1S/C29H29N3O/c1-32(18-10-16-23(21-11-4-2-5-12-21)22-13-6-3-7-14-22)29(33)27-19-25-24-15-8-9-17-26(24)31-28(25)20-30-27/h2-9,11-17,27,30-31H,10,18-20H2,1H3. The number of fused-ring (bicyclic) bond motifs is 3. The van der Waals surface area contributed by atoms with Crippen LogP contribution >= 0.6 is 0 Å². The number of nitrogens with zero attached hydrogens (tertiary/aromatic N) is 1. The molecule has 0 saturated carbocycles. The first-order valence-corrected chi connectivity index (χ1v) is 11.6. The van der Waals surface area contributed by atoms with E-state index in [2.05, 4.69) is 83.1 Å². The molecule has 1 aliphatic rings. The summed E-state index contributed by atoms with van der Waals surface area (Å²) in [6.07, 6.45) is 3.77. The largest absolute Gasteiger partial charge is 0.357 e. The van der Waals surface area contributed by atoms with Crippen LogP contribution in [0.3, 0.4) is 0 Å². The molecule has 2 N–H and O–H groups in total. The van der Waals surface area contributed by atoms with Crippen molar-refractivity contribution < 1.29 is 4.79 Å². The van der Waals surface area contributed by atoms with Crippen molar-refractivity contribution in [3.8, 4) is 0 Å². The summed E-state index contributed by atoms with van der Waals surface area (Å²) in [5, 5.41) is 4.66. The molecular formula is C29H29N3O. The minimum atomic E-state index is -0.187. The quantitative estimate of drug-likeness (QED) is 0.439. The van der Waals surface area contributed by atoms with Crippen LogP contribution in [-0.2, 0) is 17.8 Å². The van der Waals surface area contributed by atoms with Crippen molar-refractivity contribution in [1.29, 1.82) is 0 Å². The molecule has 4 nitrogen and oxygen atoms in total. The van der Waals surface area contributed by atoms with Gasteiger partial charge in [0, 0.05) is 36.7 Å². The molecule has 0 aliphatic carbocycles. The summed E-state index contributed by atoms with van der Waals surface area (Å²) < 4.78 is 0. The van der Waals surface area contributed by atoms with Gasteiger partial charge in [-0.2, -0.15) is 0 Å². The third-order valence-corrected chi connectivity index (χ3v) is 6.49. The van der Waals surface area contributed by atoms with Crippen LogP contribution in [0.2, 0.25) is 0 Å². The van der Waals surface area contributed by atoms with E-state index in [1.807, 2.05) is 30.1 Å². The molecular weight excluding hydrogens is 406 g/mol. The zero-order valence-corrected chi connectivity index (χ0v) is 18.9. The Morgan fingerprint density at radius 3 is 2.27 bits per heavy atom. The van der Waals surface area contributed by atoms with Crippen LogP contribution in [0, 0.1) is 0 Å². The van der Waals surface area contributed by atoms with Crippen LogP contribution in [-0.4, -0.2) is 35.4 Å². The van der Waals surface area contributed by atoms with Gasteiger partial charge in [0.05, 0.1) is 6.04 Å². The first kappa shape index (κ1) is 21.2. The smallest absolute Gasteiger partial charge is 0.239 e. The number of benzene rings is 3. The van der Waals surface area contributed by atoms with Gasteiger partial charge in [-0.15, -0.1) is 0 Å². The maximum Gasteiger partial charge on any atom is 0.239 e. The fourth-order valence-electron chi connectivity index (χ4n) is 4.73. The van der Waals surface area contributed by atoms with Crippen LogP contribution in [0.15, 0.2) is 91.0 Å². The molecule has 1 amide bonds. The average Bonchev–Trinajstić information content (AvgIpc) is 3.25. The van der Waals surface area contributed by atoms with E-state index in [0.29, 0.717) is 13.1 Å². The molecule has 33 heavy (non-hydrogen) atoms. The highest BCUT2D eigenvalue weighted by atomic mass is 16.2. The van der Waals surface area contributed by atoms with Crippen LogP contribution in [0.4, 0.5) is 0 Å². The van der Waals surface area contributed by atoms with E-state index in [9.17, 15) is 4.79 Å². The number of carbonyl (C=O) groups is 1. The average molecular weight is 436 g/mol. The highest BCUT2D eigenvalue weighted by Gasteiger charge is 2.28. The summed E-state index contributed by atoms with van der Waals surface area (Å²) in [4.78, 5) is 18.6. The van der Waals surface area contributed by atoms with Gasteiger partial charge in [0.25, 0.3) is 0 Å². The Labute approximate surface area is 194 Å². The number of hydrogen-bond donors (Lipinski definition) is 2. The molecule has 0 radical (unpaired) electrons. The van der Waals surface area contributed by atoms with E-state index in [1.54, 1.807) is 0 Å². The Kier molecular flexibility index (Phi) is 6.09.